The zero-order valence-corrected chi connectivity index (χ0v) is 12.6. The third-order valence-electron chi connectivity index (χ3n) is 3.13. The van der Waals surface area contributed by atoms with Gasteiger partial charge in [0.1, 0.15) is 0 Å². The molecule has 106 valence electrons. The highest BCUT2D eigenvalue weighted by molar-refractivity contribution is 6.30. The number of halogens is 1. The average molecular weight is 292 g/mol. The molecule has 0 saturated carbocycles. The van der Waals surface area contributed by atoms with Crippen LogP contribution in [0, 0.1) is 0 Å². The molecule has 0 amide bonds. The van der Waals surface area contributed by atoms with Gasteiger partial charge in [0.05, 0.1) is 14.2 Å². The standard InChI is InChI=1S/C16H18ClNO2/c1-18-10-12-8-15(19-2)16(20-3)9-14(12)11-4-6-13(17)7-5-11/h4-9,18H,10H2,1-3H3. The van der Waals surface area contributed by atoms with Gasteiger partial charge in [0.2, 0.25) is 0 Å². The van der Waals surface area contributed by atoms with E-state index in [-0.39, 0.29) is 0 Å². The Bertz CT molecular complexity index is 582. The van der Waals surface area contributed by atoms with E-state index >= 15 is 0 Å². The summed E-state index contributed by atoms with van der Waals surface area (Å²) in [6, 6.07) is 11.8. The Hall–Kier alpha value is -1.71. The van der Waals surface area contributed by atoms with Crippen molar-refractivity contribution in [3.05, 3.63) is 47.0 Å². The molecule has 0 aliphatic carbocycles. The molecule has 0 heterocycles. The highest BCUT2D eigenvalue weighted by Crippen LogP contribution is 2.36. The average Bonchev–Trinajstić information content (AvgIpc) is 2.48. The third kappa shape index (κ3) is 3.06. The van der Waals surface area contributed by atoms with Crippen molar-refractivity contribution in [1.82, 2.24) is 5.32 Å². The first kappa shape index (κ1) is 14.7. The van der Waals surface area contributed by atoms with Gasteiger partial charge in [0, 0.05) is 11.6 Å². The smallest absolute Gasteiger partial charge is 0.161 e. The van der Waals surface area contributed by atoms with Gasteiger partial charge < -0.3 is 14.8 Å². The fraction of sp³-hybridized carbons (Fsp3) is 0.250. The van der Waals surface area contributed by atoms with Gasteiger partial charge in [0.15, 0.2) is 11.5 Å². The highest BCUT2D eigenvalue weighted by Gasteiger charge is 2.12. The zero-order valence-electron chi connectivity index (χ0n) is 11.9. The maximum atomic E-state index is 5.95. The Morgan fingerprint density at radius 3 is 2.15 bits per heavy atom. The van der Waals surface area contributed by atoms with Gasteiger partial charge in [-0.25, -0.2) is 0 Å². The van der Waals surface area contributed by atoms with Crippen molar-refractivity contribution in [2.75, 3.05) is 21.3 Å². The molecule has 0 unspecified atom stereocenters. The zero-order chi connectivity index (χ0) is 14.5. The number of hydrogen-bond donors (Lipinski definition) is 1. The minimum absolute atomic E-state index is 0.720. The molecule has 0 aliphatic heterocycles. The third-order valence-corrected chi connectivity index (χ3v) is 3.38. The van der Waals surface area contributed by atoms with Gasteiger partial charge in [-0.1, -0.05) is 23.7 Å². The van der Waals surface area contributed by atoms with Gasteiger partial charge in [-0.3, -0.25) is 0 Å². The van der Waals surface area contributed by atoms with Gasteiger partial charge in [0.25, 0.3) is 0 Å². The molecule has 1 N–H and O–H groups in total. The van der Waals surface area contributed by atoms with Crippen molar-refractivity contribution in [3.8, 4) is 22.6 Å². The van der Waals surface area contributed by atoms with E-state index in [9.17, 15) is 0 Å². The Labute approximate surface area is 124 Å². The minimum atomic E-state index is 0.720. The molecular weight excluding hydrogens is 274 g/mol. The normalized spacial score (nSPS) is 10.4. The van der Waals surface area contributed by atoms with Gasteiger partial charge in [-0.15, -0.1) is 0 Å². The summed E-state index contributed by atoms with van der Waals surface area (Å²) in [6.07, 6.45) is 0. The van der Waals surface area contributed by atoms with E-state index in [1.165, 1.54) is 0 Å². The predicted molar refractivity (Wildman–Crippen MR) is 82.8 cm³/mol. The molecule has 0 radical (unpaired) electrons. The quantitative estimate of drug-likeness (QED) is 0.910. The molecule has 0 saturated heterocycles. The van der Waals surface area contributed by atoms with Crippen LogP contribution in [0.25, 0.3) is 11.1 Å². The summed E-state index contributed by atoms with van der Waals surface area (Å²) in [5.41, 5.74) is 3.35. The second kappa shape index (κ2) is 6.64. The van der Waals surface area contributed by atoms with Crippen molar-refractivity contribution in [2.24, 2.45) is 0 Å². The Balaban J connectivity index is 2.56. The van der Waals surface area contributed by atoms with Gasteiger partial charge in [-0.05, 0) is 48.0 Å². The van der Waals surface area contributed by atoms with Crippen molar-refractivity contribution >= 4 is 11.6 Å². The summed E-state index contributed by atoms with van der Waals surface area (Å²) in [5, 5.41) is 3.90. The molecule has 20 heavy (non-hydrogen) atoms. The van der Waals surface area contributed by atoms with Crippen LogP contribution < -0.4 is 14.8 Å². The number of hydrogen-bond acceptors (Lipinski definition) is 3. The molecule has 2 aromatic carbocycles. The molecule has 0 fully saturated rings. The molecule has 0 aromatic heterocycles. The second-order valence-electron chi connectivity index (χ2n) is 4.40. The molecule has 3 nitrogen and oxygen atoms in total. The molecule has 2 aromatic rings. The Morgan fingerprint density at radius 1 is 1.00 bits per heavy atom. The first-order chi connectivity index (χ1) is 9.69. The summed E-state index contributed by atoms with van der Waals surface area (Å²) in [4.78, 5) is 0. The number of ether oxygens (including phenoxy) is 2. The number of nitrogens with one attached hydrogen (secondary N) is 1. The lowest BCUT2D eigenvalue weighted by Crippen LogP contribution is -2.07. The summed E-state index contributed by atoms with van der Waals surface area (Å²) in [7, 11) is 5.20. The second-order valence-corrected chi connectivity index (χ2v) is 4.84. The lowest BCUT2D eigenvalue weighted by atomic mass is 9.98. The molecule has 2 rings (SSSR count). The van der Waals surface area contributed by atoms with Crippen molar-refractivity contribution in [1.29, 1.82) is 0 Å². The van der Waals surface area contributed by atoms with Crippen LogP contribution in [0.5, 0.6) is 11.5 Å². The minimum Gasteiger partial charge on any atom is -0.493 e. The van der Waals surface area contributed by atoms with Crippen LogP contribution in [0.4, 0.5) is 0 Å². The summed E-state index contributed by atoms with van der Waals surface area (Å²) in [5.74, 6) is 1.45. The van der Waals surface area contributed by atoms with E-state index in [0.717, 1.165) is 39.8 Å². The first-order valence-electron chi connectivity index (χ1n) is 6.35. The number of methoxy groups -OCH3 is 2. The fourth-order valence-corrected chi connectivity index (χ4v) is 2.28. The molecule has 0 spiro atoms. The number of benzene rings is 2. The Morgan fingerprint density at radius 2 is 1.60 bits per heavy atom. The maximum absolute atomic E-state index is 5.95. The molecule has 0 atom stereocenters. The first-order valence-corrected chi connectivity index (χ1v) is 6.72. The molecule has 0 bridgehead atoms. The summed E-state index contributed by atoms with van der Waals surface area (Å²) >= 11 is 5.95. The van der Waals surface area contributed by atoms with Crippen molar-refractivity contribution in [2.45, 2.75) is 6.54 Å². The van der Waals surface area contributed by atoms with Crippen molar-refractivity contribution in [3.63, 3.8) is 0 Å². The van der Waals surface area contributed by atoms with E-state index in [2.05, 4.69) is 5.32 Å². The van der Waals surface area contributed by atoms with Gasteiger partial charge >= 0.3 is 0 Å². The summed E-state index contributed by atoms with van der Waals surface area (Å²) in [6.45, 7) is 0.748. The predicted octanol–water partition coefficient (Wildman–Crippen LogP) is 3.74. The van der Waals surface area contributed by atoms with Gasteiger partial charge in [-0.2, -0.15) is 0 Å². The molecule has 4 heteroatoms. The van der Waals surface area contributed by atoms with E-state index in [1.54, 1.807) is 14.2 Å². The molecular formula is C16H18ClNO2. The lowest BCUT2D eigenvalue weighted by Gasteiger charge is -2.15. The van der Waals surface area contributed by atoms with Crippen LogP contribution >= 0.6 is 11.6 Å². The monoisotopic (exact) mass is 291 g/mol. The van der Waals surface area contributed by atoms with E-state index in [0.29, 0.717) is 0 Å². The maximum Gasteiger partial charge on any atom is 0.161 e. The van der Waals surface area contributed by atoms with E-state index < -0.39 is 0 Å². The van der Waals surface area contributed by atoms with Crippen LogP contribution in [0.15, 0.2) is 36.4 Å². The van der Waals surface area contributed by atoms with Crippen molar-refractivity contribution < 1.29 is 9.47 Å². The Kier molecular flexibility index (Phi) is 4.88. The largest absolute Gasteiger partial charge is 0.493 e. The fourth-order valence-electron chi connectivity index (χ4n) is 2.16. The summed E-state index contributed by atoms with van der Waals surface area (Å²) < 4.78 is 10.7. The van der Waals surface area contributed by atoms with Crippen LogP contribution in [0.2, 0.25) is 5.02 Å². The number of rotatable bonds is 5. The SMILES string of the molecule is CNCc1cc(OC)c(OC)cc1-c1ccc(Cl)cc1. The van der Waals surface area contributed by atoms with Crippen LogP contribution in [0.3, 0.4) is 0 Å². The van der Waals surface area contributed by atoms with E-state index in [1.807, 2.05) is 43.4 Å². The van der Waals surface area contributed by atoms with Crippen LogP contribution in [0.1, 0.15) is 5.56 Å². The highest BCUT2D eigenvalue weighted by atomic mass is 35.5. The van der Waals surface area contributed by atoms with Crippen LogP contribution in [-0.2, 0) is 6.54 Å². The topological polar surface area (TPSA) is 30.5 Å². The van der Waals surface area contributed by atoms with Crippen LogP contribution in [-0.4, -0.2) is 21.3 Å². The molecule has 0 aliphatic rings. The lowest BCUT2D eigenvalue weighted by molar-refractivity contribution is 0.354. The van der Waals surface area contributed by atoms with E-state index in [4.69, 9.17) is 21.1 Å².